The second-order valence-corrected chi connectivity index (χ2v) is 5.67. The molecule has 0 unspecified atom stereocenters. The number of rotatable bonds is 2. The predicted molar refractivity (Wildman–Crippen MR) is 76.1 cm³/mol. The number of hydrogen-bond donors (Lipinski definition) is 2. The van der Waals surface area contributed by atoms with E-state index in [1.807, 2.05) is 0 Å². The van der Waals surface area contributed by atoms with Gasteiger partial charge in [-0.1, -0.05) is 0 Å². The summed E-state index contributed by atoms with van der Waals surface area (Å²) in [6, 6.07) is 4.94. The lowest BCUT2D eigenvalue weighted by Gasteiger charge is -2.03. The molecule has 0 fully saturated rings. The second-order valence-electron chi connectivity index (χ2n) is 4.57. The fourth-order valence-electron chi connectivity index (χ4n) is 2.34. The van der Waals surface area contributed by atoms with Crippen LogP contribution < -0.4 is 10.9 Å². The highest BCUT2D eigenvalue weighted by Gasteiger charge is 2.23. The lowest BCUT2D eigenvalue weighted by atomic mass is 10.1. The summed E-state index contributed by atoms with van der Waals surface area (Å²) < 4.78 is 0. The number of aryl methyl sites for hydroxylation is 1. The number of H-pyrrole nitrogens is 1. The van der Waals surface area contributed by atoms with E-state index in [0.29, 0.717) is 16.1 Å². The first-order valence-electron chi connectivity index (χ1n) is 6.24. The first-order chi connectivity index (χ1) is 9.69. The van der Waals surface area contributed by atoms with Crippen LogP contribution in [0.5, 0.6) is 0 Å². The maximum absolute atomic E-state index is 12.1. The van der Waals surface area contributed by atoms with Gasteiger partial charge in [0.05, 0.1) is 11.1 Å². The van der Waals surface area contributed by atoms with E-state index in [-0.39, 0.29) is 11.5 Å². The molecule has 0 spiro atoms. The van der Waals surface area contributed by atoms with E-state index in [1.165, 1.54) is 34.5 Å². The van der Waals surface area contributed by atoms with E-state index in [1.54, 1.807) is 0 Å². The highest BCUT2D eigenvalue weighted by molar-refractivity contribution is 7.16. The van der Waals surface area contributed by atoms with Crippen LogP contribution in [0, 0.1) is 11.3 Å². The number of aromatic amines is 1. The Morgan fingerprint density at radius 2 is 2.25 bits per heavy atom. The number of nitrogens with zero attached hydrogens (tertiary/aromatic N) is 1. The van der Waals surface area contributed by atoms with E-state index in [2.05, 4.69) is 16.4 Å². The maximum Gasteiger partial charge on any atom is 0.257 e. The van der Waals surface area contributed by atoms with Crippen molar-refractivity contribution in [1.82, 2.24) is 4.98 Å². The molecule has 20 heavy (non-hydrogen) atoms. The molecule has 2 N–H and O–H groups in total. The molecule has 3 rings (SSSR count). The third kappa shape index (κ3) is 2.12. The fourth-order valence-corrected chi connectivity index (χ4v) is 3.57. The van der Waals surface area contributed by atoms with Gasteiger partial charge in [-0.3, -0.25) is 9.59 Å². The molecule has 2 heterocycles. The number of pyridine rings is 1. The van der Waals surface area contributed by atoms with Gasteiger partial charge in [0.25, 0.3) is 5.91 Å². The van der Waals surface area contributed by atoms with Gasteiger partial charge in [0, 0.05) is 17.1 Å². The first kappa shape index (κ1) is 12.6. The highest BCUT2D eigenvalue weighted by Crippen LogP contribution is 2.38. The molecular formula is C14H11N3O2S. The van der Waals surface area contributed by atoms with E-state index < -0.39 is 0 Å². The summed E-state index contributed by atoms with van der Waals surface area (Å²) in [6.07, 6.45) is 4.32. The van der Waals surface area contributed by atoms with Crippen LogP contribution in [0.1, 0.15) is 32.8 Å². The molecule has 0 saturated heterocycles. The number of amides is 1. The topological polar surface area (TPSA) is 85.8 Å². The summed E-state index contributed by atoms with van der Waals surface area (Å²) >= 11 is 1.47. The Morgan fingerprint density at radius 1 is 1.40 bits per heavy atom. The van der Waals surface area contributed by atoms with Gasteiger partial charge >= 0.3 is 0 Å². The van der Waals surface area contributed by atoms with Crippen LogP contribution in [0.4, 0.5) is 5.00 Å². The number of carbonyl (C=O) groups excluding carboxylic acids is 1. The van der Waals surface area contributed by atoms with E-state index in [0.717, 1.165) is 24.8 Å². The molecule has 5 nitrogen and oxygen atoms in total. The molecule has 6 heteroatoms. The van der Waals surface area contributed by atoms with Crippen LogP contribution in [-0.2, 0) is 12.8 Å². The normalized spacial score (nSPS) is 12.8. The molecule has 0 aliphatic heterocycles. The van der Waals surface area contributed by atoms with E-state index >= 15 is 0 Å². The number of nitriles is 1. The minimum Gasteiger partial charge on any atom is -0.328 e. The second kappa shape index (κ2) is 4.94. The van der Waals surface area contributed by atoms with Gasteiger partial charge in [-0.25, -0.2) is 0 Å². The minimum absolute atomic E-state index is 0.255. The Bertz CT molecular complexity index is 762. The Morgan fingerprint density at radius 3 is 2.95 bits per heavy atom. The highest BCUT2D eigenvalue weighted by atomic mass is 32.1. The number of thiophene rings is 1. The Labute approximate surface area is 118 Å². The molecule has 1 aliphatic carbocycles. The predicted octanol–water partition coefficient (Wildman–Crippen LogP) is 2.05. The molecule has 1 aliphatic rings. The monoisotopic (exact) mass is 285 g/mol. The smallest absolute Gasteiger partial charge is 0.257 e. The number of aromatic nitrogens is 1. The quantitative estimate of drug-likeness (QED) is 0.885. The SMILES string of the molecule is N#Cc1c(NC(=O)c2ccc(=O)[nH]c2)sc2c1CCC2. The zero-order valence-electron chi connectivity index (χ0n) is 10.5. The summed E-state index contributed by atoms with van der Waals surface area (Å²) in [6.45, 7) is 0. The van der Waals surface area contributed by atoms with Gasteiger partial charge in [-0.2, -0.15) is 5.26 Å². The van der Waals surface area contributed by atoms with Gasteiger partial charge in [0.15, 0.2) is 0 Å². The van der Waals surface area contributed by atoms with Crippen molar-refractivity contribution in [2.75, 3.05) is 5.32 Å². The molecule has 2 aromatic rings. The Balaban J connectivity index is 1.89. The standard InChI is InChI=1S/C14H11N3O2S/c15-6-10-9-2-1-3-11(9)20-14(10)17-13(19)8-4-5-12(18)16-7-8/h4-5,7H,1-3H2,(H,16,18)(H,17,19). The van der Waals surface area contributed by atoms with Crippen molar-refractivity contribution in [2.45, 2.75) is 19.3 Å². The first-order valence-corrected chi connectivity index (χ1v) is 7.05. The maximum atomic E-state index is 12.1. The van der Waals surface area contributed by atoms with Crippen molar-refractivity contribution in [3.8, 4) is 6.07 Å². The van der Waals surface area contributed by atoms with Crippen molar-refractivity contribution in [3.05, 3.63) is 50.3 Å². The molecule has 0 saturated carbocycles. The average molecular weight is 285 g/mol. The third-order valence-electron chi connectivity index (χ3n) is 3.31. The number of carbonyl (C=O) groups is 1. The lowest BCUT2D eigenvalue weighted by molar-refractivity contribution is 0.102. The summed E-state index contributed by atoms with van der Waals surface area (Å²) in [5.41, 5.74) is 1.77. The molecule has 0 bridgehead atoms. The van der Waals surface area contributed by atoms with Crippen LogP contribution in [0.2, 0.25) is 0 Å². The van der Waals surface area contributed by atoms with Crippen LogP contribution in [0.15, 0.2) is 23.1 Å². The largest absolute Gasteiger partial charge is 0.328 e. The molecule has 0 radical (unpaired) electrons. The van der Waals surface area contributed by atoms with Crippen LogP contribution in [-0.4, -0.2) is 10.9 Å². The van der Waals surface area contributed by atoms with E-state index in [4.69, 9.17) is 0 Å². The molecular weight excluding hydrogens is 274 g/mol. The summed E-state index contributed by atoms with van der Waals surface area (Å²) in [7, 11) is 0. The number of hydrogen-bond acceptors (Lipinski definition) is 4. The summed E-state index contributed by atoms with van der Waals surface area (Å²) in [5, 5.41) is 12.6. The van der Waals surface area contributed by atoms with Gasteiger partial charge in [0.2, 0.25) is 5.56 Å². The van der Waals surface area contributed by atoms with Gasteiger partial charge in [0.1, 0.15) is 11.1 Å². The number of anilines is 1. The molecule has 2 aromatic heterocycles. The van der Waals surface area contributed by atoms with Crippen molar-refractivity contribution < 1.29 is 4.79 Å². The van der Waals surface area contributed by atoms with Gasteiger partial charge in [-0.05, 0) is 30.9 Å². The van der Waals surface area contributed by atoms with Gasteiger partial charge < -0.3 is 10.3 Å². The summed E-state index contributed by atoms with van der Waals surface area (Å²) in [5.74, 6) is -0.322. The van der Waals surface area contributed by atoms with Crippen LogP contribution >= 0.6 is 11.3 Å². The Hall–Kier alpha value is -2.39. The van der Waals surface area contributed by atoms with E-state index in [9.17, 15) is 14.9 Å². The summed E-state index contributed by atoms with van der Waals surface area (Å²) in [4.78, 5) is 26.7. The number of nitrogens with one attached hydrogen (secondary N) is 2. The molecule has 0 aromatic carbocycles. The Kier molecular flexibility index (Phi) is 3.12. The zero-order valence-corrected chi connectivity index (χ0v) is 11.3. The van der Waals surface area contributed by atoms with Crippen molar-refractivity contribution in [1.29, 1.82) is 5.26 Å². The lowest BCUT2D eigenvalue weighted by Crippen LogP contribution is -2.14. The van der Waals surface area contributed by atoms with Crippen molar-refractivity contribution in [3.63, 3.8) is 0 Å². The zero-order chi connectivity index (χ0) is 14.1. The van der Waals surface area contributed by atoms with Crippen LogP contribution in [0.3, 0.4) is 0 Å². The third-order valence-corrected chi connectivity index (χ3v) is 4.51. The minimum atomic E-state index is -0.322. The van der Waals surface area contributed by atoms with Crippen LogP contribution in [0.25, 0.3) is 0 Å². The van der Waals surface area contributed by atoms with Gasteiger partial charge in [-0.15, -0.1) is 11.3 Å². The molecule has 1 amide bonds. The van der Waals surface area contributed by atoms with Crippen molar-refractivity contribution >= 4 is 22.2 Å². The average Bonchev–Trinajstić information content (AvgIpc) is 2.99. The fraction of sp³-hybridized carbons (Fsp3) is 0.214. The number of fused-ring (bicyclic) bond motifs is 1. The van der Waals surface area contributed by atoms with Crippen molar-refractivity contribution in [2.24, 2.45) is 0 Å². The molecule has 0 atom stereocenters. The molecule has 100 valence electrons.